The van der Waals surface area contributed by atoms with Crippen molar-refractivity contribution in [3.8, 4) is 0 Å². The Labute approximate surface area is 155 Å². The molecule has 6 heteroatoms. The first kappa shape index (κ1) is 17.6. The van der Waals surface area contributed by atoms with Gasteiger partial charge in [-0.3, -0.25) is 9.59 Å². The first-order chi connectivity index (χ1) is 12.7. The second-order valence-electron chi connectivity index (χ2n) is 8.28. The van der Waals surface area contributed by atoms with Gasteiger partial charge in [-0.2, -0.15) is 5.10 Å². The molecule has 26 heavy (non-hydrogen) atoms. The van der Waals surface area contributed by atoms with E-state index in [1.54, 1.807) is 10.7 Å². The van der Waals surface area contributed by atoms with Crippen LogP contribution >= 0.6 is 0 Å². The minimum absolute atomic E-state index is 0.000849. The summed E-state index contributed by atoms with van der Waals surface area (Å²) in [7, 11) is 0. The SMILES string of the molecule is O=C(CC1CCCN(c2cnn(CC3CC3)c(=O)c2)C1)N1CCCCC1. The van der Waals surface area contributed by atoms with Crippen LogP contribution in [-0.2, 0) is 11.3 Å². The largest absolute Gasteiger partial charge is 0.370 e. The lowest BCUT2D eigenvalue weighted by Crippen LogP contribution is -2.41. The third kappa shape index (κ3) is 4.27. The fourth-order valence-corrected chi connectivity index (χ4v) is 4.26. The fourth-order valence-electron chi connectivity index (χ4n) is 4.26. The van der Waals surface area contributed by atoms with E-state index in [1.807, 2.05) is 11.1 Å². The van der Waals surface area contributed by atoms with E-state index in [1.165, 1.54) is 19.3 Å². The Bertz CT molecular complexity index is 691. The lowest BCUT2D eigenvalue weighted by molar-refractivity contribution is -0.133. The standard InChI is InChI=1S/C20H30N4O2/c25-19(22-8-2-1-3-9-22)11-17-5-4-10-23(14-17)18-12-20(26)24(21-13-18)15-16-6-7-16/h12-13,16-17H,1-11,14-15H2. The van der Waals surface area contributed by atoms with Crippen molar-refractivity contribution in [2.45, 2.75) is 57.9 Å². The van der Waals surface area contributed by atoms with Crippen molar-refractivity contribution in [1.29, 1.82) is 0 Å². The number of likely N-dealkylation sites (tertiary alicyclic amines) is 1. The van der Waals surface area contributed by atoms with Crippen LogP contribution in [0.15, 0.2) is 17.1 Å². The van der Waals surface area contributed by atoms with E-state index < -0.39 is 0 Å². The van der Waals surface area contributed by atoms with Crippen LogP contribution in [0.25, 0.3) is 0 Å². The van der Waals surface area contributed by atoms with Gasteiger partial charge in [0, 0.05) is 45.2 Å². The Morgan fingerprint density at radius 3 is 2.58 bits per heavy atom. The van der Waals surface area contributed by atoms with E-state index in [9.17, 15) is 9.59 Å². The van der Waals surface area contributed by atoms with Crippen molar-refractivity contribution >= 4 is 11.6 Å². The van der Waals surface area contributed by atoms with Gasteiger partial charge in [-0.1, -0.05) is 0 Å². The highest BCUT2D eigenvalue weighted by Crippen LogP contribution is 2.30. The van der Waals surface area contributed by atoms with Crippen LogP contribution in [0.5, 0.6) is 0 Å². The highest BCUT2D eigenvalue weighted by Gasteiger charge is 2.26. The molecule has 1 aliphatic carbocycles. The number of rotatable bonds is 5. The van der Waals surface area contributed by atoms with Gasteiger partial charge in [0.15, 0.2) is 0 Å². The molecule has 2 aliphatic heterocycles. The van der Waals surface area contributed by atoms with Crippen LogP contribution in [0.3, 0.4) is 0 Å². The third-order valence-electron chi connectivity index (χ3n) is 6.04. The number of aromatic nitrogens is 2. The molecule has 3 aliphatic rings. The molecule has 0 N–H and O–H groups in total. The van der Waals surface area contributed by atoms with E-state index >= 15 is 0 Å². The van der Waals surface area contributed by atoms with E-state index in [0.29, 0.717) is 24.2 Å². The summed E-state index contributed by atoms with van der Waals surface area (Å²) in [6.45, 7) is 4.42. The molecular formula is C20H30N4O2. The molecule has 0 aromatic carbocycles. The van der Waals surface area contributed by atoms with Gasteiger partial charge >= 0.3 is 0 Å². The molecule has 1 saturated carbocycles. The maximum absolute atomic E-state index is 12.6. The summed E-state index contributed by atoms with van der Waals surface area (Å²) in [5.41, 5.74) is 0.915. The molecule has 142 valence electrons. The number of carbonyl (C=O) groups is 1. The molecule has 1 aromatic rings. The van der Waals surface area contributed by atoms with E-state index in [4.69, 9.17) is 0 Å². The predicted octanol–water partition coefficient (Wildman–Crippen LogP) is 2.27. The number of hydrogen-bond donors (Lipinski definition) is 0. The van der Waals surface area contributed by atoms with Gasteiger partial charge in [0.25, 0.3) is 5.56 Å². The number of anilines is 1. The molecular weight excluding hydrogens is 328 g/mol. The van der Waals surface area contributed by atoms with Crippen LogP contribution in [0, 0.1) is 11.8 Å². The highest BCUT2D eigenvalue weighted by molar-refractivity contribution is 5.76. The van der Waals surface area contributed by atoms with Crippen molar-refractivity contribution in [1.82, 2.24) is 14.7 Å². The van der Waals surface area contributed by atoms with Crippen LogP contribution < -0.4 is 10.5 Å². The second kappa shape index (κ2) is 7.80. The Balaban J connectivity index is 1.36. The van der Waals surface area contributed by atoms with Gasteiger partial charge < -0.3 is 9.80 Å². The average molecular weight is 358 g/mol. The third-order valence-corrected chi connectivity index (χ3v) is 6.04. The van der Waals surface area contributed by atoms with Crippen LogP contribution in [0.1, 0.15) is 51.4 Å². The Kier molecular flexibility index (Phi) is 5.27. The highest BCUT2D eigenvalue weighted by atomic mass is 16.2. The molecule has 1 amide bonds. The number of amides is 1. The smallest absolute Gasteiger partial charge is 0.268 e. The summed E-state index contributed by atoms with van der Waals surface area (Å²) in [4.78, 5) is 29.2. The second-order valence-corrected chi connectivity index (χ2v) is 8.28. The van der Waals surface area contributed by atoms with Gasteiger partial charge in [0.2, 0.25) is 5.91 Å². The molecule has 1 aromatic heterocycles. The zero-order chi connectivity index (χ0) is 17.9. The maximum atomic E-state index is 12.6. The van der Waals surface area contributed by atoms with Crippen molar-refractivity contribution in [3.63, 3.8) is 0 Å². The van der Waals surface area contributed by atoms with Crippen molar-refractivity contribution < 1.29 is 4.79 Å². The van der Waals surface area contributed by atoms with E-state index in [2.05, 4.69) is 10.00 Å². The first-order valence-electron chi connectivity index (χ1n) is 10.3. The number of hydrogen-bond acceptors (Lipinski definition) is 4. The topological polar surface area (TPSA) is 58.4 Å². The summed E-state index contributed by atoms with van der Waals surface area (Å²) < 4.78 is 1.60. The molecule has 0 radical (unpaired) electrons. The molecule has 3 fully saturated rings. The predicted molar refractivity (Wildman–Crippen MR) is 101 cm³/mol. The van der Waals surface area contributed by atoms with E-state index in [0.717, 1.165) is 64.1 Å². The van der Waals surface area contributed by atoms with Crippen molar-refractivity contribution in [2.24, 2.45) is 11.8 Å². The quantitative estimate of drug-likeness (QED) is 0.810. The van der Waals surface area contributed by atoms with Gasteiger partial charge in [0.05, 0.1) is 11.9 Å². The van der Waals surface area contributed by atoms with Gasteiger partial charge in [-0.25, -0.2) is 4.68 Å². The minimum Gasteiger partial charge on any atom is -0.370 e. The zero-order valence-electron chi connectivity index (χ0n) is 15.6. The number of carbonyl (C=O) groups excluding carboxylic acids is 1. The maximum Gasteiger partial charge on any atom is 0.268 e. The first-order valence-corrected chi connectivity index (χ1v) is 10.3. The van der Waals surface area contributed by atoms with Gasteiger partial charge in [-0.05, 0) is 56.8 Å². The minimum atomic E-state index is 0.000849. The summed E-state index contributed by atoms with van der Waals surface area (Å²) in [5.74, 6) is 1.34. The van der Waals surface area contributed by atoms with Gasteiger partial charge in [-0.15, -0.1) is 0 Å². The van der Waals surface area contributed by atoms with Crippen molar-refractivity contribution in [2.75, 3.05) is 31.1 Å². The lowest BCUT2D eigenvalue weighted by atomic mass is 9.93. The monoisotopic (exact) mass is 358 g/mol. The lowest BCUT2D eigenvalue weighted by Gasteiger charge is -2.35. The van der Waals surface area contributed by atoms with E-state index in [-0.39, 0.29) is 5.56 Å². The number of nitrogens with zero attached hydrogens (tertiary/aromatic N) is 4. The van der Waals surface area contributed by atoms with Crippen molar-refractivity contribution in [3.05, 3.63) is 22.6 Å². The Hall–Kier alpha value is -1.85. The molecule has 2 saturated heterocycles. The fraction of sp³-hybridized carbons (Fsp3) is 0.750. The molecule has 0 bridgehead atoms. The molecule has 3 heterocycles. The van der Waals surface area contributed by atoms with Crippen LogP contribution in [-0.4, -0.2) is 46.8 Å². The Morgan fingerprint density at radius 1 is 1.04 bits per heavy atom. The van der Waals surface area contributed by atoms with Gasteiger partial charge in [0.1, 0.15) is 0 Å². The normalized spacial score (nSPS) is 23.9. The van der Waals surface area contributed by atoms with Crippen LogP contribution in [0.4, 0.5) is 5.69 Å². The summed E-state index contributed by atoms with van der Waals surface area (Å²) in [5, 5.41) is 4.38. The molecule has 0 spiro atoms. The van der Waals surface area contributed by atoms with Crippen LogP contribution in [0.2, 0.25) is 0 Å². The summed E-state index contributed by atoms with van der Waals surface area (Å²) in [6, 6.07) is 1.73. The molecule has 1 unspecified atom stereocenters. The zero-order valence-corrected chi connectivity index (χ0v) is 15.6. The summed E-state index contributed by atoms with van der Waals surface area (Å²) in [6.07, 6.45) is 10.6. The molecule has 6 nitrogen and oxygen atoms in total. The average Bonchev–Trinajstić information content (AvgIpc) is 3.48. The number of piperidine rings is 2. The Morgan fingerprint density at radius 2 is 1.85 bits per heavy atom. The molecule has 1 atom stereocenters. The molecule has 4 rings (SSSR count). The summed E-state index contributed by atoms with van der Waals surface area (Å²) >= 11 is 0.